The highest BCUT2D eigenvalue weighted by atomic mass is 32.1. The Labute approximate surface area is 353 Å². The molecule has 9 rings (SSSR count). The lowest BCUT2D eigenvalue weighted by Crippen LogP contribution is -2.09. The van der Waals surface area contributed by atoms with Gasteiger partial charge in [0.05, 0.1) is 0 Å². The number of hydrogen-bond donors (Lipinski definition) is 0. The van der Waals surface area contributed by atoms with Gasteiger partial charge in [0.25, 0.3) is 0 Å². The summed E-state index contributed by atoms with van der Waals surface area (Å²) >= 11 is 5.25. The third-order valence-electron chi connectivity index (χ3n) is 10.1. The molecule has 0 fully saturated rings. The molecule has 9 aromatic rings. The number of rotatable bonds is 12. The Hall–Kier alpha value is -6.56. The van der Waals surface area contributed by atoms with E-state index in [2.05, 4.69) is 239 Å². The zero-order chi connectivity index (χ0) is 38.9. The molecule has 0 saturated heterocycles. The van der Waals surface area contributed by atoms with Crippen LogP contribution in [0.4, 0.5) is 17.1 Å². The summed E-state index contributed by atoms with van der Waals surface area (Å²) < 4.78 is 0. The predicted octanol–water partition coefficient (Wildman–Crippen LogP) is 16.9. The highest BCUT2D eigenvalue weighted by Gasteiger charge is 2.14. The number of benzene rings is 6. The van der Waals surface area contributed by atoms with E-state index in [-0.39, 0.29) is 0 Å². The van der Waals surface area contributed by atoms with E-state index in [1.54, 1.807) is 34.0 Å². The molecule has 3 aromatic heterocycles. The fraction of sp³-hybridized carbons (Fsp3) is 0. The summed E-state index contributed by atoms with van der Waals surface area (Å²) in [6, 6.07) is 65.8. The molecule has 4 heteroatoms. The minimum absolute atomic E-state index is 1.10. The first kappa shape index (κ1) is 37.0. The minimum atomic E-state index is 1.10. The van der Waals surface area contributed by atoms with Gasteiger partial charge in [0.15, 0.2) is 0 Å². The molecule has 0 aliphatic heterocycles. The highest BCUT2D eigenvalue weighted by molar-refractivity contribution is 7.11. The van der Waals surface area contributed by atoms with Crippen LogP contribution in [-0.2, 0) is 0 Å². The molecule has 0 aliphatic rings. The quantitative estimate of drug-likeness (QED) is 0.119. The smallest absolute Gasteiger partial charge is 0.0462 e. The van der Waals surface area contributed by atoms with Crippen molar-refractivity contribution in [3.8, 4) is 33.4 Å². The Bertz CT molecular complexity index is 2420. The third kappa shape index (κ3) is 9.01. The molecule has 278 valence electrons. The summed E-state index contributed by atoms with van der Waals surface area (Å²) in [6.45, 7) is 0. The van der Waals surface area contributed by atoms with Gasteiger partial charge < -0.3 is 4.90 Å². The van der Waals surface area contributed by atoms with Gasteiger partial charge in [-0.1, -0.05) is 146 Å². The molecule has 0 N–H and O–H groups in total. The second kappa shape index (κ2) is 17.7. The molecular formula is C54H39NS3. The van der Waals surface area contributed by atoms with Gasteiger partial charge in [-0.15, -0.1) is 34.0 Å². The summed E-state index contributed by atoms with van der Waals surface area (Å²) in [7, 11) is 0. The van der Waals surface area contributed by atoms with E-state index in [1.807, 2.05) is 0 Å². The van der Waals surface area contributed by atoms with Crippen molar-refractivity contribution >= 4 is 87.5 Å². The maximum atomic E-state index is 2.34. The van der Waals surface area contributed by atoms with Crippen LogP contribution in [-0.4, -0.2) is 0 Å². The Balaban J connectivity index is 0.974. The van der Waals surface area contributed by atoms with Crippen molar-refractivity contribution in [3.63, 3.8) is 0 Å². The fourth-order valence-electron chi connectivity index (χ4n) is 6.91. The maximum Gasteiger partial charge on any atom is 0.0462 e. The van der Waals surface area contributed by atoms with Crippen LogP contribution in [0.15, 0.2) is 198 Å². The topological polar surface area (TPSA) is 3.24 Å². The van der Waals surface area contributed by atoms with E-state index in [0.717, 1.165) is 17.1 Å². The SMILES string of the molecule is C(=Cc1cccs1)c1ccc(-c2ccc(N(c3ccc(-c4ccc(C=Cc5cccs5)cc4)cc3)c3ccc(-c4ccc(C=Cc5cccs5)cc4)cc3)cc2)cc1. The van der Waals surface area contributed by atoms with Crippen LogP contribution < -0.4 is 4.90 Å². The summed E-state index contributed by atoms with van der Waals surface area (Å²) in [6.07, 6.45) is 13.0. The van der Waals surface area contributed by atoms with Crippen LogP contribution in [0.1, 0.15) is 31.3 Å². The number of nitrogens with zero attached hydrogens (tertiary/aromatic N) is 1. The molecule has 0 aliphatic carbocycles. The molecule has 3 heterocycles. The van der Waals surface area contributed by atoms with Crippen LogP contribution >= 0.6 is 34.0 Å². The molecule has 6 aromatic carbocycles. The molecule has 0 unspecified atom stereocenters. The largest absolute Gasteiger partial charge is 0.311 e. The molecular weight excluding hydrogens is 759 g/mol. The Morgan fingerprint density at radius 1 is 0.259 bits per heavy atom. The predicted molar refractivity (Wildman–Crippen MR) is 257 cm³/mol. The molecule has 1 nitrogen and oxygen atoms in total. The standard InChI is InChI=1S/C54H39NS3/c1-4-52(56-37-1)34-13-40-7-16-43(17-8-40)46-22-28-49(29-23-46)55(50-30-24-47(25-31-50)44-18-9-41(10-19-44)14-35-53-5-2-38-57-53)51-32-26-48(27-33-51)45-20-11-42(12-21-45)15-36-54-6-3-39-58-54/h1-39H. The average molecular weight is 798 g/mol. The lowest BCUT2D eigenvalue weighted by atomic mass is 10.0. The lowest BCUT2D eigenvalue weighted by Gasteiger charge is -2.26. The van der Waals surface area contributed by atoms with Gasteiger partial charge in [-0.05, 0) is 139 Å². The van der Waals surface area contributed by atoms with E-state index in [9.17, 15) is 0 Å². The summed E-state index contributed by atoms with van der Waals surface area (Å²) in [5, 5.41) is 6.32. The molecule has 0 radical (unpaired) electrons. The van der Waals surface area contributed by atoms with Crippen molar-refractivity contribution in [1.82, 2.24) is 0 Å². The van der Waals surface area contributed by atoms with Crippen molar-refractivity contribution in [1.29, 1.82) is 0 Å². The zero-order valence-corrected chi connectivity index (χ0v) is 34.1. The third-order valence-corrected chi connectivity index (χ3v) is 12.6. The summed E-state index contributed by atoms with van der Waals surface area (Å²) in [5.74, 6) is 0. The van der Waals surface area contributed by atoms with Crippen LogP contribution in [0.3, 0.4) is 0 Å². The molecule has 0 bridgehead atoms. The van der Waals surface area contributed by atoms with Crippen LogP contribution in [0.25, 0.3) is 69.8 Å². The van der Waals surface area contributed by atoms with Gasteiger partial charge in [0.1, 0.15) is 0 Å². The first-order chi connectivity index (χ1) is 28.7. The van der Waals surface area contributed by atoms with Crippen molar-refractivity contribution in [2.75, 3.05) is 4.90 Å². The number of anilines is 3. The molecule has 0 spiro atoms. The summed E-state index contributed by atoms with van der Waals surface area (Å²) in [4.78, 5) is 6.11. The van der Waals surface area contributed by atoms with Gasteiger partial charge in [0, 0.05) is 31.7 Å². The average Bonchev–Trinajstić information content (AvgIpc) is 4.12. The van der Waals surface area contributed by atoms with Crippen molar-refractivity contribution in [2.24, 2.45) is 0 Å². The molecule has 0 saturated carbocycles. The van der Waals surface area contributed by atoms with Gasteiger partial charge in [-0.2, -0.15) is 0 Å². The zero-order valence-electron chi connectivity index (χ0n) is 31.7. The first-order valence-electron chi connectivity index (χ1n) is 19.3. The first-order valence-corrected chi connectivity index (χ1v) is 21.9. The van der Waals surface area contributed by atoms with E-state index < -0.39 is 0 Å². The van der Waals surface area contributed by atoms with Gasteiger partial charge in [0.2, 0.25) is 0 Å². The van der Waals surface area contributed by atoms with Crippen LogP contribution in [0, 0.1) is 0 Å². The van der Waals surface area contributed by atoms with E-state index >= 15 is 0 Å². The van der Waals surface area contributed by atoms with Crippen LogP contribution in [0.2, 0.25) is 0 Å². The van der Waals surface area contributed by atoms with Crippen molar-refractivity contribution in [3.05, 3.63) is 229 Å². The Morgan fingerprint density at radius 3 is 0.724 bits per heavy atom. The highest BCUT2D eigenvalue weighted by Crippen LogP contribution is 2.38. The van der Waals surface area contributed by atoms with Gasteiger partial charge in [-0.25, -0.2) is 0 Å². The van der Waals surface area contributed by atoms with E-state index in [0.29, 0.717) is 0 Å². The minimum Gasteiger partial charge on any atom is -0.311 e. The maximum absolute atomic E-state index is 2.34. The molecule has 0 atom stereocenters. The molecule has 58 heavy (non-hydrogen) atoms. The Kier molecular flexibility index (Phi) is 11.3. The number of hydrogen-bond acceptors (Lipinski definition) is 4. The van der Waals surface area contributed by atoms with Gasteiger partial charge in [-0.3, -0.25) is 0 Å². The van der Waals surface area contributed by atoms with E-state index in [4.69, 9.17) is 0 Å². The molecule has 0 amide bonds. The fourth-order valence-corrected chi connectivity index (χ4v) is 8.76. The van der Waals surface area contributed by atoms with Crippen molar-refractivity contribution in [2.45, 2.75) is 0 Å². The van der Waals surface area contributed by atoms with E-state index in [1.165, 1.54) is 64.7 Å². The Morgan fingerprint density at radius 2 is 0.500 bits per heavy atom. The van der Waals surface area contributed by atoms with Gasteiger partial charge >= 0.3 is 0 Å². The monoisotopic (exact) mass is 797 g/mol. The lowest BCUT2D eigenvalue weighted by molar-refractivity contribution is 1.28. The normalized spacial score (nSPS) is 11.6. The number of thiophene rings is 3. The summed E-state index contributed by atoms with van der Waals surface area (Å²) in [5.41, 5.74) is 14.0. The second-order valence-corrected chi connectivity index (χ2v) is 16.8. The second-order valence-electron chi connectivity index (χ2n) is 13.9. The van der Waals surface area contributed by atoms with Crippen molar-refractivity contribution < 1.29 is 0 Å². The van der Waals surface area contributed by atoms with Crippen LogP contribution in [0.5, 0.6) is 0 Å².